The number of hydrogen-bond acceptors (Lipinski definition) is 6. The van der Waals surface area contributed by atoms with Gasteiger partial charge in [0.2, 0.25) is 5.75 Å². The van der Waals surface area contributed by atoms with Gasteiger partial charge in [0.1, 0.15) is 0 Å². The van der Waals surface area contributed by atoms with Crippen LogP contribution in [0.25, 0.3) is 0 Å². The second-order valence-electron chi connectivity index (χ2n) is 4.96. The highest BCUT2D eigenvalue weighted by molar-refractivity contribution is 5.82. The van der Waals surface area contributed by atoms with Crippen LogP contribution in [-0.2, 0) is 0 Å². The van der Waals surface area contributed by atoms with Crippen molar-refractivity contribution in [3.63, 3.8) is 0 Å². The molecule has 2 rings (SSSR count). The highest BCUT2D eigenvalue weighted by Gasteiger charge is 2.13. The minimum absolute atomic E-state index is 0.594. The Morgan fingerprint density at radius 2 is 1.52 bits per heavy atom. The molecule has 6 nitrogen and oxygen atoms in total. The number of likely N-dealkylation sites (N-methyl/N-ethyl adjacent to an activating group) is 1. The minimum Gasteiger partial charge on any atom is -0.493 e. The van der Waals surface area contributed by atoms with E-state index in [0.29, 0.717) is 17.2 Å². The normalized spacial score (nSPS) is 16.3. The minimum atomic E-state index is 0.594. The van der Waals surface area contributed by atoms with Crippen LogP contribution in [-0.4, -0.2) is 70.7 Å². The first-order valence-corrected chi connectivity index (χ1v) is 6.95. The Kier molecular flexibility index (Phi) is 5.27. The maximum Gasteiger partial charge on any atom is 0.203 e. The molecule has 116 valence electrons. The van der Waals surface area contributed by atoms with Crippen molar-refractivity contribution in [2.75, 3.05) is 54.6 Å². The van der Waals surface area contributed by atoms with Crippen LogP contribution in [0.3, 0.4) is 0 Å². The predicted molar refractivity (Wildman–Crippen MR) is 82.8 cm³/mol. The van der Waals surface area contributed by atoms with Crippen molar-refractivity contribution in [1.82, 2.24) is 9.91 Å². The highest BCUT2D eigenvalue weighted by atomic mass is 16.5. The van der Waals surface area contributed by atoms with Crippen molar-refractivity contribution in [3.05, 3.63) is 17.7 Å². The van der Waals surface area contributed by atoms with E-state index in [1.807, 2.05) is 18.3 Å². The smallest absolute Gasteiger partial charge is 0.203 e. The summed E-state index contributed by atoms with van der Waals surface area (Å²) in [5.74, 6) is 1.87. The lowest BCUT2D eigenvalue weighted by Crippen LogP contribution is -2.41. The zero-order valence-electron chi connectivity index (χ0n) is 13.1. The summed E-state index contributed by atoms with van der Waals surface area (Å²) >= 11 is 0. The standard InChI is InChI=1S/C15H23N3O3/c1-17-5-7-18(8-6-17)16-11-12-9-13(19-2)15(21-4)14(10-12)20-3/h9-11H,5-8H2,1-4H3. The van der Waals surface area contributed by atoms with E-state index < -0.39 is 0 Å². The fourth-order valence-electron chi connectivity index (χ4n) is 2.24. The van der Waals surface area contributed by atoms with Gasteiger partial charge in [-0.05, 0) is 19.2 Å². The summed E-state index contributed by atoms with van der Waals surface area (Å²) < 4.78 is 16.0. The van der Waals surface area contributed by atoms with Crippen LogP contribution in [0.5, 0.6) is 17.2 Å². The van der Waals surface area contributed by atoms with Gasteiger partial charge in [-0.1, -0.05) is 0 Å². The zero-order valence-corrected chi connectivity index (χ0v) is 13.1. The van der Waals surface area contributed by atoms with Crippen molar-refractivity contribution in [2.45, 2.75) is 0 Å². The van der Waals surface area contributed by atoms with Gasteiger partial charge in [-0.3, -0.25) is 5.01 Å². The average molecular weight is 293 g/mol. The van der Waals surface area contributed by atoms with Crippen LogP contribution >= 0.6 is 0 Å². The number of nitrogens with zero attached hydrogens (tertiary/aromatic N) is 3. The van der Waals surface area contributed by atoms with Gasteiger partial charge >= 0.3 is 0 Å². The summed E-state index contributed by atoms with van der Waals surface area (Å²) in [4.78, 5) is 2.30. The fourth-order valence-corrected chi connectivity index (χ4v) is 2.24. The van der Waals surface area contributed by atoms with Crippen molar-refractivity contribution in [2.24, 2.45) is 5.10 Å². The summed E-state index contributed by atoms with van der Waals surface area (Å²) in [7, 11) is 6.94. The Balaban J connectivity index is 2.16. The Bertz CT molecular complexity index is 472. The van der Waals surface area contributed by atoms with E-state index in [1.165, 1.54) is 0 Å². The number of rotatable bonds is 5. The second-order valence-corrected chi connectivity index (χ2v) is 4.96. The van der Waals surface area contributed by atoms with Crippen LogP contribution in [0.4, 0.5) is 0 Å². The van der Waals surface area contributed by atoms with Crippen LogP contribution in [0.2, 0.25) is 0 Å². The molecule has 1 aromatic carbocycles. The van der Waals surface area contributed by atoms with Crippen LogP contribution in [0.1, 0.15) is 5.56 Å². The molecule has 1 aliphatic rings. The van der Waals surface area contributed by atoms with Crippen LogP contribution in [0, 0.1) is 0 Å². The number of ether oxygens (including phenoxy) is 3. The first kappa shape index (κ1) is 15.4. The number of benzene rings is 1. The Labute approximate surface area is 125 Å². The second kappa shape index (κ2) is 7.17. The largest absolute Gasteiger partial charge is 0.493 e. The molecule has 0 radical (unpaired) electrons. The van der Waals surface area contributed by atoms with Crippen molar-refractivity contribution in [3.8, 4) is 17.2 Å². The van der Waals surface area contributed by atoms with Gasteiger partial charge < -0.3 is 19.1 Å². The van der Waals surface area contributed by atoms with E-state index >= 15 is 0 Å². The number of piperazine rings is 1. The molecule has 0 spiro atoms. The van der Waals surface area contributed by atoms with E-state index in [4.69, 9.17) is 14.2 Å². The molecule has 1 fully saturated rings. The molecule has 21 heavy (non-hydrogen) atoms. The van der Waals surface area contributed by atoms with Gasteiger partial charge in [-0.15, -0.1) is 0 Å². The van der Waals surface area contributed by atoms with Gasteiger partial charge in [0.05, 0.1) is 27.5 Å². The Morgan fingerprint density at radius 3 is 2.00 bits per heavy atom. The molecule has 0 N–H and O–H groups in total. The number of hydrazone groups is 1. The number of hydrogen-bond donors (Lipinski definition) is 0. The summed E-state index contributed by atoms with van der Waals surface area (Å²) in [5, 5.41) is 6.60. The molecular formula is C15H23N3O3. The van der Waals surface area contributed by atoms with Crippen LogP contribution < -0.4 is 14.2 Å². The third-order valence-electron chi connectivity index (χ3n) is 3.54. The first-order chi connectivity index (χ1) is 10.2. The lowest BCUT2D eigenvalue weighted by atomic mass is 10.2. The quantitative estimate of drug-likeness (QED) is 0.766. The Morgan fingerprint density at radius 1 is 0.952 bits per heavy atom. The molecule has 0 aliphatic carbocycles. The lowest BCUT2D eigenvalue weighted by Gasteiger charge is -2.30. The fraction of sp³-hybridized carbons (Fsp3) is 0.533. The maximum atomic E-state index is 5.34. The van der Waals surface area contributed by atoms with Gasteiger partial charge in [-0.2, -0.15) is 5.10 Å². The van der Waals surface area contributed by atoms with Crippen molar-refractivity contribution < 1.29 is 14.2 Å². The molecule has 0 atom stereocenters. The molecule has 0 saturated carbocycles. The van der Waals surface area contributed by atoms with E-state index in [0.717, 1.165) is 31.7 Å². The molecule has 1 heterocycles. The van der Waals surface area contributed by atoms with Gasteiger partial charge in [0.25, 0.3) is 0 Å². The third kappa shape index (κ3) is 3.78. The summed E-state index contributed by atoms with van der Waals surface area (Å²) in [5.41, 5.74) is 0.920. The lowest BCUT2D eigenvalue weighted by molar-refractivity contribution is 0.159. The van der Waals surface area contributed by atoms with E-state index in [2.05, 4.69) is 22.1 Å². The van der Waals surface area contributed by atoms with E-state index in [1.54, 1.807) is 21.3 Å². The zero-order chi connectivity index (χ0) is 15.2. The molecular weight excluding hydrogens is 270 g/mol. The summed E-state index contributed by atoms with van der Waals surface area (Å²) in [6.07, 6.45) is 1.83. The predicted octanol–water partition coefficient (Wildman–Crippen LogP) is 1.29. The maximum absolute atomic E-state index is 5.34. The summed E-state index contributed by atoms with van der Waals surface area (Å²) in [6.45, 7) is 3.95. The summed E-state index contributed by atoms with van der Waals surface area (Å²) in [6, 6.07) is 3.78. The molecule has 0 amide bonds. The van der Waals surface area contributed by atoms with Crippen LogP contribution in [0.15, 0.2) is 17.2 Å². The third-order valence-corrected chi connectivity index (χ3v) is 3.54. The molecule has 1 aromatic rings. The molecule has 0 bridgehead atoms. The van der Waals surface area contributed by atoms with E-state index in [-0.39, 0.29) is 0 Å². The SMILES string of the molecule is COc1cc(C=NN2CCN(C)CC2)cc(OC)c1OC. The molecule has 0 aromatic heterocycles. The van der Waals surface area contributed by atoms with Gasteiger partial charge in [-0.25, -0.2) is 0 Å². The molecule has 1 saturated heterocycles. The monoisotopic (exact) mass is 293 g/mol. The number of methoxy groups -OCH3 is 3. The van der Waals surface area contributed by atoms with E-state index in [9.17, 15) is 0 Å². The van der Waals surface area contributed by atoms with Gasteiger partial charge in [0, 0.05) is 31.7 Å². The Hall–Kier alpha value is -1.95. The first-order valence-electron chi connectivity index (χ1n) is 6.95. The van der Waals surface area contributed by atoms with Crippen molar-refractivity contribution >= 4 is 6.21 Å². The topological polar surface area (TPSA) is 46.5 Å². The molecule has 0 unspecified atom stereocenters. The average Bonchev–Trinajstić information content (AvgIpc) is 2.53. The molecule has 1 aliphatic heterocycles. The van der Waals surface area contributed by atoms with Gasteiger partial charge in [0.15, 0.2) is 11.5 Å². The molecule has 6 heteroatoms. The highest BCUT2D eigenvalue weighted by Crippen LogP contribution is 2.37. The van der Waals surface area contributed by atoms with Crippen molar-refractivity contribution in [1.29, 1.82) is 0 Å².